The first-order chi connectivity index (χ1) is 9.75. The lowest BCUT2D eigenvalue weighted by Crippen LogP contribution is -2.29. The Morgan fingerprint density at radius 3 is 2.80 bits per heavy atom. The summed E-state index contributed by atoms with van der Waals surface area (Å²) in [6.07, 6.45) is 0. The van der Waals surface area contributed by atoms with E-state index in [4.69, 9.17) is 0 Å². The number of amides is 1. The van der Waals surface area contributed by atoms with Crippen molar-refractivity contribution >= 4 is 17.7 Å². The minimum absolute atomic E-state index is 0.0192. The maximum atomic E-state index is 12.3. The molecule has 4 heteroatoms. The monoisotopic (exact) mass is 285 g/mol. The Morgan fingerprint density at radius 2 is 1.95 bits per heavy atom. The third kappa shape index (κ3) is 2.51. The zero-order chi connectivity index (χ0) is 13.9. The van der Waals surface area contributed by atoms with Crippen LogP contribution in [0.1, 0.15) is 17.0 Å². The highest BCUT2D eigenvalue weighted by atomic mass is 32.2. The number of thioether (sulfide) groups is 1. The molecule has 0 aromatic heterocycles. The lowest BCUT2D eigenvalue weighted by atomic mass is 10.0. The smallest absolute Gasteiger partial charge is 0.228 e. The molecule has 1 aliphatic heterocycles. The Labute approximate surface area is 122 Å². The molecule has 1 heterocycles. The minimum Gasteiger partial charge on any atom is -0.508 e. The van der Waals surface area contributed by atoms with Crippen molar-refractivity contribution in [2.24, 2.45) is 0 Å². The molecular weight excluding hydrogens is 270 g/mol. The van der Waals surface area contributed by atoms with E-state index in [0.717, 1.165) is 16.9 Å². The lowest BCUT2D eigenvalue weighted by Gasteiger charge is -2.12. The quantitative estimate of drug-likeness (QED) is 0.911. The number of para-hydroxylation sites is 1. The molecule has 3 rings (SSSR count). The highest BCUT2D eigenvalue weighted by Crippen LogP contribution is 2.39. The van der Waals surface area contributed by atoms with Gasteiger partial charge in [0.05, 0.1) is 5.92 Å². The van der Waals surface area contributed by atoms with E-state index in [1.807, 2.05) is 30.3 Å². The van der Waals surface area contributed by atoms with Crippen LogP contribution in [-0.2, 0) is 11.3 Å². The van der Waals surface area contributed by atoms with E-state index < -0.39 is 0 Å². The summed E-state index contributed by atoms with van der Waals surface area (Å²) in [5.41, 5.74) is 1.84. The second-order valence-electron chi connectivity index (χ2n) is 4.75. The molecule has 1 atom stereocenters. The van der Waals surface area contributed by atoms with Crippen molar-refractivity contribution in [2.75, 3.05) is 5.75 Å². The molecule has 0 spiro atoms. The van der Waals surface area contributed by atoms with Gasteiger partial charge in [0.2, 0.25) is 5.91 Å². The van der Waals surface area contributed by atoms with E-state index in [9.17, 15) is 9.90 Å². The standard InChI is InChI=1S/C16H15NO2S/c18-14-7-3-1-5-11(14)9-17-16(19)13-10-20-15-8-4-2-6-12(13)15/h1-8,13,18H,9-10H2,(H,17,19). The third-order valence-electron chi connectivity index (χ3n) is 3.46. The fourth-order valence-electron chi connectivity index (χ4n) is 2.35. The van der Waals surface area contributed by atoms with Gasteiger partial charge in [0.25, 0.3) is 0 Å². The summed E-state index contributed by atoms with van der Waals surface area (Å²) in [4.78, 5) is 13.5. The molecule has 0 saturated carbocycles. The normalized spacial score (nSPS) is 16.7. The van der Waals surface area contributed by atoms with Gasteiger partial charge < -0.3 is 10.4 Å². The largest absolute Gasteiger partial charge is 0.508 e. The number of rotatable bonds is 3. The molecule has 0 fully saturated rings. The zero-order valence-corrected chi connectivity index (χ0v) is 11.7. The fourth-order valence-corrected chi connectivity index (χ4v) is 3.57. The van der Waals surface area contributed by atoms with Gasteiger partial charge in [-0.2, -0.15) is 0 Å². The minimum atomic E-state index is -0.0953. The second kappa shape index (κ2) is 5.59. The summed E-state index contributed by atoms with van der Waals surface area (Å²) in [5.74, 6) is 0.924. The zero-order valence-electron chi connectivity index (χ0n) is 10.9. The molecule has 0 aliphatic carbocycles. The van der Waals surface area contributed by atoms with Gasteiger partial charge in [-0.25, -0.2) is 0 Å². The van der Waals surface area contributed by atoms with Gasteiger partial charge in [0.1, 0.15) is 5.75 Å². The van der Waals surface area contributed by atoms with Crippen molar-refractivity contribution in [1.82, 2.24) is 5.32 Å². The van der Waals surface area contributed by atoms with Crippen molar-refractivity contribution in [3.05, 3.63) is 59.7 Å². The number of carbonyl (C=O) groups excluding carboxylic acids is 1. The number of aromatic hydroxyl groups is 1. The molecule has 2 N–H and O–H groups in total. The molecule has 2 aromatic carbocycles. The van der Waals surface area contributed by atoms with Crippen molar-refractivity contribution < 1.29 is 9.90 Å². The number of phenols is 1. The van der Waals surface area contributed by atoms with Gasteiger partial charge in [-0.1, -0.05) is 36.4 Å². The number of benzene rings is 2. The number of hydrogen-bond acceptors (Lipinski definition) is 3. The molecular formula is C16H15NO2S. The average Bonchev–Trinajstić information content (AvgIpc) is 2.90. The molecule has 102 valence electrons. The molecule has 1 amide bonds. The first-order valence-electron chi connectivity index (χ1n) is 6.52. The van der Waals surface area contributed by atoms with E-state index in [0.29, 0.717) is 6.54 Å². The van der Waals surface area contributed by atoms with Gasteiger partial charge >= 0.3 is 0 Å². The van der Waals surface area contributed by atoms with Crippen LogP contribution in [0.5, 0.6) is 5.75 Å². The predicted molar refractivity (Wildman–Crippen MR) is 79.9 cm³/mol. The third-order valence-corrected chi connectivity index (χ3v) is 4.64. The second-order valence-corrected chi connectivity index (χ2v) is 5.81. The number of hydrogen-bond donors (Lipinski definition) is 2. The summed E-state index contributed by atoms with van der Waals surface area (Å²) in [7, 11) is 0. The highest BCUT2D eigenvalue weighted by Gasteiger charge is 2.28. The number of fused-ring (bicyclic) bond motifs is 1. The maximum absolute atomic E-state index is 12.3. The molecule has 0 radical (unpaired) electrons. The van der Waals surface area contributed by atoms with Crippen LogP contribution in [0.3, 0.4) is 0 Å². The number of carbonyl (C=O) groups is 1. The van der Waals surface area contributed by atoms with Gasteiger partial charge in [-0.3, -0.25) is 4.79 Å². The first kappa shape index (κ1) is 13.1. The lowest BCUT2D eigenvalue weighted by molar-refractivity contribution is -0.122. The summed E-state index contributed by atoms with van der Waals surface area (Å²) in [6, 6.07) is 15.1. The average molecular weight is 285 g/mol. The highest BCUT2D eigenvalue weighted by molar-refractivity contribution is 7.99. The summed E-state index contributed by atoms with van der Waals surface area (Å²) < 4.78 is 0. The van der Waals surface area contributed by atoms with Crippen LogP contribution in [0.2, 0.25) is 0 Å². The molecule has 0 saturated heterocycles. The van der Waals surface area contributed by atoms with E-state index in [1.165, 1.54) is 4.90 Å². The van der Waals surface area contributed by atoms with Crippen LogP contribution in [-0.4, -0.2) is 16.8 Å². The Morgan fingerprint density at radius 1 is 1.20 bits per heavy atom. The van der Waals surface area contributed by atoms with Crippen molar-refractivity contribution in [1.29, 1.82) is 0 Å². The first-order valence-corrected chi connectivity index (χ1v) is 7.50. The Bertz CT molecular complexity index is 642. The van der Waals surface area contributed by atoms with E-state index in [1.54, 1.807) is 23.9 Å². The van der Waals surface area contributed by atoms with Crippen LogP contribution >= 0.6 is 11.8 Å². The van der Waals surface area contributed by atoms with E-state index in [2.05, 4.69) is 11.4 Å². The van der Waals surface area contributed by atoms with Crippen LogP contribution in [0.4, 0.5) is 0 Å². The summed E-state index contributed by atoms with van der Waals surface area (Å²) in [5, 5.41) is 12.6. The van der Waals surface area contributed by atoms with E-state index >= 15 is 0 Å². The molecule has 20 heavy (non-hydrogen) atoms. The summed E-state index contributed by atoms with van der Waals surface area (Å²) in [6.45, 7) is 0.356. The number of phenolic OH excluding ortho intramolecular Hbond substituents is 1. The van der Waals surface area contributed by atoms with Gasteiger partial charge in [-0.05, 0) is 17.7 Å². The summed E-state index contributed by atoms with van der Waals surface area (Å²) >= 11 is 1.72. The Kier molecular flexibility index (Phi) is 3.65. The van der Waals surface area contributed by atoms with Crippen molar-refractivity contribution in [3.8, 4) is 5.75 Å². The van der Waals surface area contributed by atoms with Crippen molar-refractivity contribution in [2.45, 2.75) is 17.4 Å². The molecule has 2 aromatic rings. The van der Waals surface area contributed by atoms with Gasteiger partial charge in [0.15, 0.2) is 0 Å². The van der Waals surface area contributed by atoms with Gasteiger partial charge in [0, 0.05) is 22.8 Å². The molecule has 1 unspecified atom stereocenters. The van der Waals surface area contributed by atoms with Crippen LogP contribution < -0.4 is 5.32 Å². The van der Waals surface area contributed by atoms with Crippen molar-refractivity contribution in [3.63, 3.8) is 0 Å². The molecule has 1 aliphatic rings. The predicted octanol–water partition coefficient (Wildman–Crippen LogP) is 2.90. The van der Waals surface area contributed by atoms with Crippen LogP contribution in [0.15, 0.2) is 53.4 Å². The fraction of sp³-hybridized carbons (Fsp3) is 0.188. The number of nitrogens with one attached hydrogen (secondary N) is 1. The Balaban J connectivity index is 1.68. The van der Waals surface area contributed by atoms with Gasteiger partial charge in [-0.15, -0.1) is 11.8 Å². The van der Waals surface area contributed by atoms with E-state index in [-0.39, 0.29) is 17.6 Å². The van der Waals surface area contributed by atoms with Crippen LogP contribution in [0, 0.1) is 0 Å². The Hall–Kier alpha value is -1.94. The topological polar surface area (TPSA) is 49.3 Å². The molecule has 0 bridgehead atoms. The molecule has 3 nitrogen and oxygen atoms in total. The maximum Gasteiger partial charge on any atom is 0.228 e. The van der Waals surface area contributed by atoms with Crippen LogP contribution in [0.25, 0.3) is 0 Å². The SMILES string of the molecule is O=C(NCc1ccccc1O)C1CSc2ccccc21.